The number of hydrogen-bond acceptors (Lipinski definition) is 6. The number of hydrogen-bond donors (Lipinski definition) is 1. The number of benzene rings is 1. The maximum Gasteiger partial charge on any atom is 0.316 e. The van der Waals surface area contributed by atoms with E-state index in [2.05, 4.69) is 30.5 Å². The molecule has 0 bridgehead atoms. The third-order valence-corrected chi connectivity index (χ3v) is 6.56. The minimum atomic E-state index is -3.26. The van der Waals surface area contributed by atoms with E-state index in [1.807, 2.05) is 12.3 Å². The largest absolute Gasteiger partial charge is 0.317 e. The van der Waals surface area contributed by atoms with Crippen LogP contribution in [-0.4, -0.2) is 56.5 Å². The number of pyridine rings is 1. The van der Waals surface area contributed by atoms with E-state index in [4.69, 9.17) is 0 Å². The molecular weight excluding hydrogens is 424 g/mol. The van der Waals surface area contributed by atoms with Crippen molar-refractivity contribution in [2.45, 2.75) is 30.7 Å². The first-order valence-corrected chi connectivity index (χ1v) is 11.2. The number of rotatable bonds is 4. The summed E-state index contributed by atoms with van der Waals surface area (Å²) in [6.07, 6.45) is 6.84. The Morgan fingerprint density at radius 3 is 2.79 bits per heavy atom. The van der Waals surface area contributed by atoms with E-state index in [0.717, 1.165) is 25.9 Å². The molecule has 2 aliphatic heterocycles. The second-order valence-corrected chi connectivity index (χ2v) is 8.63. The Morgan fingerprint density at radius 1 is 1.03 bits per heavy atom. The second kappa shape index (κ2) is 7.84. The smallest absolute Gasteiger partial charge is 0.316 e. The Morgan fingerprint density at radius 2 is 1.91 bits per heavy atom. The van der Waals surface area contributed by atoms with Gasteiger partial charge in [-0.1, -0.05) is 12.1 Å². The van der Waals surface area contributed by atoms with Crippen molar-refractivity contribution in [3.8, 4) is 0 Å². The van der Waals surface area contributed by atoms with E-state index < -0.39 is 5.92 Å². The Bertz CT molecular complexity index is 1340. The summed E-state index contributed by atoms with van der Waals surface area (Å²) < 4.78 is 32.5. The zero-order valence-corrected chi connectivity index (χ0v) is 17.9. The Balaban J connectivity index is 1.32. The third-order valence-electron chi connectivity index (χ3n) is 6.56. The van der Waals surface area contributed by atoms with E-state index in [-0.39, 0.29) is 17.2 Å². The lowest BCUT2D eigenvalue weighted by Crippen LogP contribution is -2.40. The van der Waals surface area contributed by atoms with Crippen LogP contribution < -0.4 is 5.32 Å². The summed E-state index contributed by atoms with van der Waals surface area (Å²) in [7, 11) is 0. The highest BCUT2D eigenvalue weighted by Crippen LogP contribution is 2.37. The van der Waals surface area contributed by atoms with Crippen LogP contribution in [0.25, 0.3) is 16.6 Å². The van der Waals surface area contributed by atoms with Crippen LogP contribution in [-0.2, 0) is 5.92 Å². The first kappa shape index (κ1) is 20.2. The van der Waals surface area contributed by atoms with E-state index in [1.54, 1.807) is 30.5 Å². The third kappa shape index (κ3) is 3.52. The number of piperidine rings is 1. The van der Waals surface area contributed by atoms with Gasteiger partial charge in [0.2, 0.25) is 0 Å². The van der Waals surface area contributed by atoms with E-state index in [1.165, 1.54) is 22.8 Å². The molecule has 1 N–H and O–H groups in total. The minimum Gasteiger partial charge on any atom is -0.317 e. The summed E-state index contributed by atoms with van der Waals surface area (Å²) in [5.41, 5.74) is 1.40. The summed E-state index contributed by atoms with van der Waals surface area (Å²) in [6.45, 7) is 2.69. The van der Waals surface area contributed by atoms with Gasteiger partial charge in [-0.25, -0.2) is 9.50 Å². The minimum absolute atomic E-state index is 0.0418. The molecule has 4 aromatic rings. The molecule has 5 heterocycles. The lowest BCUT2D eigenvalue weighted by Gasteiger charge is -2.30. The fraction of sp³-hybridized carbons (Fsp3) is 0.333. The molecule has 168 valence electrons. The highest BCUT2D eigenvalue weighted by Gasteiger charge is 2.38. The maximum atomic E-state index is 15.6. The summed E-state index contributed by atoms with van der Waals surface area (Å²) in [5, 5.41) is 15.3. The lowest BCUT2D eigenvalue weighted by molar-refractivity contribution is 0.0361. The Labute approximate surface area is 189 Å². The molecule has 2 aliphatic rings. The van der Waals surface area contributed by atoms with Crippen LogP contribution in [0.4, 0.5) is 8.78 Å². The van der Waals surface area contributed by atoms with Gasteiger partial charge in [0.15, 0.2) is 5.65 Å². The highest BCUT2D eigenvalue weighted by molar-refractivity contribution is 5.79. The van der Waals surface area contributed by atoms with Crippen molar-refractivity contribution in [1.29, 1.82) is 0 Å². The number of fused-ring (bicyclic) bond motifs is 2. The number of hydrazone groups is 1. The zero-order valence-electron chi connectivity index (χ0n) is 17.9. The predicted molar refractivity (Wildman–Crippen MR) is 122 cm³/mol. The number of alkyl halides is 2. The fourth-order valence-electron chi connectivity index (χ4n) is 4.70. The van der Waals surface area contributed by atoms with Crippen molar-refractivity contribution < 1.29 is 8.78 Å². The summed E-state index contributed by atoms with van der Waals surface area (Å²) in [6, 6.07) is 12.0. The average Bonchev–Trinajstić information content (AvgIpc) is 3.52. The van der Waals surface area contributed by atoms with Crippen LogP contribution >= 0.6 is 0 Å². The van der Waals surface area contributed by atoms with E-state index >= 15 is 8.78 Å². The molecule has 0 saturated carbocycles. The number of nitrogens with one attached hydrogen (secondary N) is 1. The number of halogens is 2. The molecule has 9 heteroatoms. The maximum absolute atomic E-state index is 15.6. The molecule has 1 fully saturated rings. The summed E-state index contributed by atoms with van der Waals surface area (Å²) >= 11 is 0. The van der Waals surface area contributed by atoms with Gasteiger partial charge in [0.1, 0.15) is 5.69 Å². The normalized spacial score (nSPS) is 19.7. The van der Waals surface area contributed by atoms with Crippen molar-refractivity contribution >= 4 is 22.8 Å². The number of imidazole rings is 1. The van der Waals surface area contributed by atoms with Gasteiger partial charge in [-0.15, -0.1) is 0 Å². The monoisotopic (exact) mass is 447 g/mol. The number of nitrogens with zero attached hydrogens (tertiary/aromatic N) is 6. The molecular formula is C24H23F2N7. The van der Waals surface area contributed by atoms with Gasteiger partial charge in [0.05, 0.1) is 23.3 Å². The van der Waals surface area contributed by atoms with Crippen LogP contribution in [0, 0.1) is 0 Å². The van der Waals surface area contributed by atoms with Crippen LogP contribution in [0.5, 0.6) is 0 Å². The van der Waals surface area contributed by atoms with Crippen LogP contribution in [0.2, 0.25) is 0 Å². The van der Waals surface area contributed by atoms with Gasteiger partial charge < -0.3 is 5.32 Å². The first-order valence-electron chi connectivity index (χ1n) is 11.2. The van der Waals surface area contributed by atoms with Gasteiger partial charge in [-0.2, -0.15) is 19.0 Å². The molecule has 0 spiro atoms. The molecule has 0 radical (unpaired) electrons. The zero-order chi connectivity index (χ0) is 22.4. The van der Waals surface area contributed by atoms with Gasteiger partial charge in [0.25, 0.3) is 0 Å². The molecule has 7 nitrogen and oxygen atoms in total. The standard InChI is InChI=1S/C24H23F2N7/c25-24(26,18-3-4-20-16(12-18)2-1-9-28-20)22-14-29-23-6-5-21(31-33(22)23)17-13-30-32(15-17)19-7-10-27-11-8-19/h1-6,9,12-14,17,19,27H,7-8,10-11,15H2. The van der Waals surface area contributed by atoms with Crippen molar-refractivity contribution in [2.75, 3.05) is 19.6 Å². The van der Waals surface area contributed by atoms with Gasteiger partial charge in [-0.3, -0.25) is 9.99 Å². The van der Waals surface area contributed by atoms with Crippen LogP contribution in [0.1, 0.15) is 35.7 Å². The lowest BCUT2D eigenvalue weighted by atomic mass is 10.0. The van der Waals surface area contributed by atoms with Gasteiger partial charge in [-0.05, 0) is 56.3 Å². The number of aromatic nitrogens is 4. The topological polar surface area (TPSA) is 70.7 Å². The molecule has 6 rings (SSSR count). The van der Waals surface area contributed by atoms with Crippen molar-refractivity contribution in [2.24, 2.45) is 5.10 Å². The van der Waals surface area contributed by atoms with Crippen molar-refractivity contribution in [3.05, 3.63) is 71.8 Å². The molecule has 1 aromatic carbocycles. The fourth-order valence-corrected chi connectivity index (χ4v) is 4.70. The Kier molecular flexibility index (Phi) is 4.79. The first-order chi connectivity index (χ1) is 16.1. The van der Waals surface area contributed by atoms with Crippen LogP contribution in [0.3, 0.4) is 0 Å². The summed E-state index contributed by atoms with van der Waals surface area (Å²) in [4.78, 5) is 8.40. The van der Waals surface area contributed by atoms with E-state index in [9.17, 15) is 0 Å². The molecule has 1 unspecified atom stereocenters. The quantitative estimate of drug-likeness (QED) is 0.518. The average molecular weight is 447 g/mol. The molecule has 0 amide bonds. The molecule has 3 aromatic heterocycles. The molecule has 33 heavy (non-hydrogen) atoms. The van der Waals surface area contributed by atoms with Gasteiger partial charge in [0, 0.05) is 35.9 Å². The van der Waals surface area contributed by atoms with E-state index in [0.29, 0.717) is 34.8 Å². The van der Waals surface area contributed by atoms with Crippen molar-refractivity contribution in [1.82, 2.24) is 29.9 Å². The van der Waals surface area contributed by atoms with Crippen molar-refractivity contribution in [3.63, 3.8) is 0 Å². The second-order valence-electron chi connectivity index (χ2n) is 8.63. The van der Waals surface area contributed by atoms with Crippen LogP contribution in [0.15, 0.2) is 60.0 Å². The Hall–Kier alpha value is -3.46. The predicted octanol–water partition coefficient (Wildman–Crippen LogP) is 3.55. The molecule has 1 atom stereocenters. The van der Waals surface area contributed by atoms with Gasteiger partial charge >= 0.3 is 5.92 Å². The molecule has 1 saturated heterocycles. The highest BCUT2D eigenvalue weighted by atomic mass is 19.3. The molecule has 0 aliphatic carbocycles. The SMILES string of the molecule is FC(F)(c1ccc2ncccc2c1)c1cnc2ccc(C3C=NN(C4CCNCC4)C3)nn12. The summed E-state index contributed by atoms with van der Waals surface area (Å²) in [5.74, 6) is -3.31.